The van der Waals surface area contributed by atoms with Crippen LogP contribution in [0.25, 0.3) is 0 Å². The second-order valence-electron chi connectivity index (χ2n) is 4.76. The zero-order valence-corrected chi connectivity index (χ0v) is 13.9. The lowest BCUT2D eigenvalue weighted by Crippen LogP contribution is -2.17. The average Bonchev–Trinajstić information content (AvgIpc) is 2.80. The van der Waals surface area contributed by atoms with Gasteiger partial charge in [0.05, 0.1) is 0 Å². The molecule has 1 atom stereocenters. The first kappa shape index (κ1) is 16.1. The second-order valence-corrected chi connectivity index (χ2v) is 6.21. The molecule has 7 heteroatoms. The molecular formula is C14H19ClN4OS. The number of aromatic nitrogens is 3. The van der Waals surface area contributed by atoms with Crippen LogP contribution in [0, 0.1) is 0 Å². The van der Waals surface area contributed by atoms with Crippen molar-refractivity contribution in [2.24, 2.45) is 0 Å². The van der Waals surface area contributed by atoms with E-state index < -0.39 is 0 Å². The Morgan fingerprint density at radius 1 is 1.52 bits per heavy atom. The van der Waals surface area contributed by atoms with Crippen molar-refractivity contribution in [3.05, 3.63) is 39.3 Å². The Morgan fingerprint density at radius 3 is 2.90 bits per heavy atom. The molecule has 1 unspecified atom stereocenters. The van der Waals surface area contributed by atoms with Gasteiger partial charge in [-0.2, -0.15) is 0 Å². The van der Waals surface area contributed by atoms with E-state index in [1.54, 1.807) is 4.57 Å². The van der Waals surface area contributed by atoms with Gasteiger partial charge < -0.3 is 5.32 Å². The third-order valence-corrected chi connectivity index (χ3v) is 4.56. The third-order valence-electron chi connectivity index (χ3n) is 3.25. The molecule has 2 aromatic rings. The van der Waals surface area contributed by atoms with E-state index in [9.17, 15) is 4.79 Å². The summed E-state index contributed by atoms with van der Waals surface area (Å²) in [7, 11) is 1.90. The van der Waals surface area contributed by atoms with Crippen LogP contribution >= 0.6 is 23.4 Å². The Labute approximate surface area is 133 Å². The molecule has 0 aliphatic carbocycles. The average molecular weight is 327 g/mol. The van der Waals surface area contributed by atoms with Gasteiger partial charge in [-0.25, -0.2) is 9.89 Å². The molecule has 21 heavy (non-hydrogen) atoms. The summed E-state index contributed by atoms with van der Waals surface area (Å²) in [6.45, 7) is 4.74. The first-order valence-electron chi connectivity index (χ1n) is 6.86. The van der Waals surface area contributed by atoms with Gasteiger partial charge in [0, 0.05) is 22.5 Å². The number of nitrogens with zero attached hydrogens (tertiary/aromatic N) is 2. The molecule has 2 N–H and O–H groups in total. The highest BCUT2D eigenvalue weighted by atomic mass is 35.5. The molecule has 0 bridgehead atoms. The first-order chi connectivity index (χ1) is 10.1. The minimum atomic E-state index is -0.175. The lowest BCUT2D eigenvalue weighted by molar-refractivity contribution is 0.604. The van der Waals surface area contributed by atoms with Crippen molar-refractivity contribution in [1.82, 2.24) is 20.1 Å². The summed E-state index contributed by atoms with van der Waals surface area (Å²) in [6.07, 6.45) is 0.881. The van der Waals surface area contributed by atoms with Gasteiger partial charge in [-0.1, -0.05) is 24.6 Å². The number of aromatic amines is 1. The number of hydrogen-bond acceptors (Lipinski definition) is 4. The van der Waals surface area contributed by atoms with Crippen LogP contribution in [-0.4, -0.2) is 21.8 Å². The Balaban J connectivity index is 2.25. The molecule has 1 aromatic heterocycles. The Morgan fingerprint density at radius 2 is 2.29 bits per heavy atom. The molecule has 0 aliphatic rings. The molecule has 0 aliphatic heterocycles. The lowest BCUT2D eigenvalue weighted by Gasteiger charge is -2.13. The van der Waals surface area contributed by atoms with Gasteiger partial charge >= 0.3 is 5.69 Å². The lowest BCUT2D eigenvalue weighted by atomic mass is 10.1. The van der Waals surface area contributed by atoms with E-state index in [-0.39, 0.29) is 11.7 Å². The maximum Gasteiger partial charge on any atom is 0.343 e. The monoisotopic (exact) mass is 326 g/mol. The molecule has 0 fully saturated rings. The Hall–Kier alpha value is -1.24. The third kappa shape index (κ3) is 3.70. The molecular weight excluding hydrogens is 308 g/mol. The summed E-state index contributed by atoms with van der Waals surface area (Å²) in [6, 6.07) is 6.10. The quantitative estimate of drug-likeness (QED) is 0.856. The van der Waals surface area contributed by atoms with Crippen LogP contribution in [0.3, 0.4) is 0 Å². The summed E-state index contributed by atoms with van der Waals surface area (Å²) in [5, 5.41) is 11.1. The summed E-state index contributed by atoms with van der Waals surface area (Å²) >= 11 is 7.76. The molecule has 0 saturated carbocycles. The van der Waals surface area contributed by atoms with Crippen LogP contribution in [0.4, 0.5) is 0 Å². The highest BCUT2D eigenvalue weighted by molar-refractivity contribution is 7.99. The predicted molar refractivity (Wildman–Crippen MR) is 86.2 cm³/mol. The largest absolute Gasteiger partial charge is 0.343 e. The molecule has 0 amide bonds. The van der Waals surface area contributed by atoms with E-state index >= 15 is 0 Å². The fourth-order valence-electron chi connectivity index (χ4n) is 1.99. The van der Waals surface area contributed by atoms with Crippen LogP contribution in [0.2, 0.25) is 5.02 Å². The first-order valence-corrected chi connectivity index (χ1v) is 8.06. The molecule has 114 valence electrons. The minimum Gasteiger partial charge on any atom is -0.313 e. The zero-order chi connectivity index (χ0) is 15.4. The van der Waals surface area contributed by atoms with Crippen LogP contribution in [0.1, 0.15) is 31.9 Å². The maximum absolute atomic E-state index is 11.7. The highest BCUT2D eigenvalue weighted by Gasteiger charge is 2.12. The van der Waals surface area contributed by atoms with E-state index in [1.165, 1.54) is 11.8 Å². The standard InChI is InChI=1S/C14H19ClN4OS/c1-4-7-19-13(20)17-18-14(19)21-10-5-6-11(9(2)16-3)12(15)8-10/h5-6,8-9,16H,4,7H2,1-3H3,(H,17,20). The minimum absolute atomic E-state index is 0.175. The maximum atomic E-state index is 11.7. The second kappa shape index (κ2) is 7.15. The summed E-state index contributed by atoms with van der Waals surface area (Å²) in [4.78, 5) is 12.6. The topological polar surface area (TPSA) is 62.7 Å². The van der Waals surface area contributed by atoms with Crippen LogP contribution < -0.4 is 11.0 Å². The fourth-order valence-corrected chi connectivity index (χ4v) is 3.29. The van der Waals surface area contributed by atoms with Crippen molar-refractivity contribution in [3.8, 4) is 0 Å². The van der Waals surface area contributed by atoms with E-state index in [4.69, 9.17) is 11.6 Å². The van der Waals surface area contributed by atoms with Crippen LogP contribution in [0.5, 0.6) is 0 Å². The van der Waals surface area contributed by atoms with Gasteiger partial charge in [0.25, 0.3) is 0 Å². The Kier molecular flexibility index (Phi) is 5.50. The van der Waals surface area contributed by atoms with Crippen LogP contribution in [-0.2, 0) is 6.54 Å². The predicted octanol–water partition coefficient (Wildman–Crippen LogP) is 3.07. The number of benzene rings is 1. The summed E-state index contributed by atoms with van der Waals surface area (Å²) in [5.74, 6) is 0. The van der Waals surface area contributed by atoms with E-state index in [1.807, 2.05) is 32.2 Å². The van der Waals surface area contributed by atoms with E-state index in [0.29, 0.717) is 16.7 Å². The summed E-state index contributed by atoms with van der Waals surface area (Å²) in [5.41, 5.74) is 0.877. The Bertz CT molecular complexity index is 667. The zero-order valence-electron chi connectivity index (χ0n) is 12.3. The van der Waals surface area contributed by atoms with E-state index in [0.717, 1.165) is 16.9 Å². The number of nitrogens with one attached hydrogen (secondary N) is 2. The van der Waals surface area contributed by atoms with Crippen molar-refractivity contribution >= 4 is 23.4 Å². The van der Waals surface area contributed by atoms with Crippen LogP contribution in [0.15, 0.2) is 33.0 Å². The van der Waals surface area contributed by atoms with Crippen molar-refractivity contribution in [2.45, 2.75) is 42.9 Å². The molecule has 2 rings (SSSR count). The fraction of sp³-hybridized carbons (Fsp3) is 0.429. The van der Waals surface area contributed by atoms with Gasteiger partial charge in [-0.05, 0) is 49.9 Å². The van der Waals surface area contributed by atoms with Crippen molar-refractivity contribution in [2.75, 3.05) is 7.05 Å². The number of hydrogen-bond donors (Lipinski definition) is 2. The van der Waals surface area contributed by atoms with E-state index in [2.05, 4.69) is 22.4 Å². The molecule has 0 saturated heterocycles. The van der Waals surface area contributed by atoms with Gasteiger partial charge in [-0.3, -0.25) is 4.57 Å². The molecule has 5 nitrogen and oxygen atoms in total. The smallest absolute Gasteiger partial charge is 0.313 e. The van der Waals surface area contributed by atoms with Crippen molar-refractivity contribution in [3.63, 3.8) is 0 Å². The van der Waals surface area contributed by atoms with Gasteiger partial charge in [0.1, 0.15) is 0 Å². The molecule has 1 aromatic carbocycles. The molecule has 0 radical (unpaired) electrons. The van der Waals surface area contributed by atoms with Gasteiger partial charge in [0.15, 0.2) is 5.16 Å². The van der Waals surface area contributed by atoms with Crippen molar-refractivity contribution in [1.29, 1.82) is 0 Å². The SMILES string of the molecule is CCCn1c(Sc2ccc(C(C)NC)c(Cl)c2)n[nH]c1=O. The van der Waals surface area contributed by atoms with Gasteiger partial charge in [0.2, 0.25) is 0 Å². The molecule has 0 spiro atoms. The summed E-state index contributed by atoms with van der Waals surface area (Å²) < 4.78 is 1.64. The normalized spacial score (nSPS) is 12.6. The van der Waals surface area contributed by atoms with Gasteiger partial charge in [-0.15, -0.1) is 5.10 Å². The highest BCUT2D eigenvalue weighted by Crippen LogP contribution is 2.31. The van der Waals surface area contributed by atoms with Crippen molar-refractivity contribution < 1.29 is 0 Å². The number of H-pyrrole nitrogens is 1. The molecule has 1 heterocycles. The number of rotatable bonds is 6. The number of halogens is 1.